The first-order chi connectivity index (χ1) is 10.7. The molecule has 1 aromatic heterocycles. The minimum atomic E-state index is -0.151. The first-order valence-electron chi connectivity index (χ1n) is 7.82. The lowest BCUT2D eigenvalue weighted by molar-refractivity contribution is -0.135. The maximum Gasteiger partial charge on any atom is 0.239 e. The second-order valence-electron chi connectivity index (χ2n) is 5.30. The van der Waals surface area contributed by atoms with Crippen molar-refractivity contribution in [2.45, 2.75) is 39.2 Å². The zero-order valence-electron chi connectivity index (χ0n) is 13.0. The van der Waals surface area contributed by atoms with Gasteiger partial charge in [-0.05, 0) is 25.8 Å². The Balaban J connectivity index is 1.86. The van der Waals surface area contributed by atoms with Crippen LogP contribution in [-0.2, 0) is 16.1 Å². The standard InChI is InChI=1S/C16H23N3O3/c1-2-22-16-13(7-6-9-17-16)11-18-14(20)12-19-10-5-3-4-8-15(19)21/h6-7,9H,2-5,8,10-12H2,1H3,(H,18,20). The van der Waals surface area contributed by atoms with Gasteiger partial charge in [-0.3, -0.25) is 9.59 Å². The third-order valence-electron chi connectivity index (χ3n) is 3.61. The summed E-state index contributed by atoms with van der Waals surface area (Å²) in [5.74, 6) is 0.460. The first-order valence-corrected chi connectivity index (χ1v) is 7.82. The quantitative estimate of drug-likeness (QED) is 0.864. The zero-order chi connectivity index (χ0) is 15.8. The normalized spacial score (nSPS) is 15.3. The summed E-state index contributed by atoms with van der Waals surface area (Å²) in [7, 11) is 0. The SMILES string of the molecule is CCOc1ncccc1CNC(=O)CN1CCCCCC1=O. The van der Waals surface area contributed by atoms with Gasteiger partial charge in [-0.25, -0.2) is 4.98 Å². The highest BCUT2D eigenvalue weighted by molar-refractivity contribution is 5.84. The molecule has 0 aromatic carbocycles. The average molecular weight is 305 g/mol. The van der Waals surface area contributed by atoms with Crippen LogP contribution in [0.4, 0.5) is 0 Å². The van der Waals surface area contributed by atoms with E-state index in [-0.39, 0.29) is 18.4 Å². The van der Waals surface area contributed by atoms with Gasteiger partial charge in [0.15, 0.2) is 0 Å². The lowest BCUT2D eigenvalue weighted by atomic mass is 10.2. The Kier molecular flexibility index (Phi) is 6.18. The molecule has 6 heteroatoms. The van der Waals surface area contributed by atoms with E-state index in [1.54, 1.807) is 11.1 Å². The molecule has 1 N–H and O–H groups in total. The summed E-state index contributed by atoms with van der Waals surface area (Å²) in [5, 5.41) is 2.83. The van der Waals surface area contributed by atoms with Gasteiger partial charge >= 0.3 is 0 Å². The number of hydrogen-bond donors (Lipinski definition) is 1. The number of rotatable bonds is 6. The predicted molar refractivity (Wildman–Crippen MR) is 82.3 cm³/mol. The summed E-state index contributed by atoms with van der Waals surface area (Å²) in [6, 6.07) is 3.68. The van der Waals surface area contributed by atoms with Gasteiger partial charge in [-0.15, -0.1) is 0 Å². The van der Waals surface area contributed by atoms with Crippen molar-refractivity contribution in [2.75, 3.05) is 19.7 Å². The Hall–Kier alpha value is -2.11. The smallest absolute Gasteiger partial charge is 0.239 e. The van der Waals surface area contributed by atoms with Gasteiger partial charge in [0.2, 0.25) is 17.7 Å². The van der Waals surface area contributed by atoms with Crippen LogP contribution in [0.3, 0.4) is 0 Å². The van der Waals surface area contributed by atoms with Crippen LogP contribution < -0.4 is 10.1 Å². The summed E-state index contributed by atoms with van der Waals surface area (Å²) in [6.45, 7) is 3.57. The number of carbonyl (C=O) groups excluding carboxylic acids is 2. The Morgan fingerprint density at radius 2 is 2.27 bits per heavy atom. The van der Waals surface area contributed by atoms with Crippen LogP contribution in [0.25, 0.3) is 0 Å². The number of hydrogen-bond acceptors (Lipinski definition) is 4. The molecular weight excluding hydrogens is 282 g/mol. The molecule has 2 rings (SSSR count). The van der Waals surface area contributed by atoms with Gasteiger partial charge < -0.3 is 15.0 Å². The highest BCUT2D eigenvalue weighted by Gasteiger charge is 2.19. The summed E-state index contributed by atoms with van der Waals surface area (Å²) < 4.78 is 5.43. The van der Waals surface area contributed by atoms with Gasteiger partial charge in [0.05, 0.1) is 13.2 Å². The molecule has 2 heterocycles. The summed E-state index contributed by atoms with van der Waals surface area (Å²) in [4.78, 5) is 29.7. The topological polar surface area (TPSA) is 71.5 Å². The molecule has 2 amide bonds. The van der Waals surface area contributed by atoms with Crippen LogP contribution >= 0.6 is 0 Å². The molecule has 0 atom stereocenters. The van der Waals surface area contributed by atoms with Gasteiger partial charge in [-0.1, -0.05) is 12.5 Å². The van der Waals surface area contributed by atoms with E-state index in [0.29, 0.717) is 32.0 Å². The van der Waals surface area contributed by atoms with Crippen molar-refractivity contribution in [1.82, 2.24) is 15.2 Å². The fourth-order valence-corrected chi connectivity index (χ4v) is 2.45. The van der Waals surface area contributed by atoms with E-state index >= 15 is 0 Å². The summed E-state index contributed by atoms with van der Waals surface area (Å²) >= 11 is 0. The fraction of sp³-hybridized carbons (Fsp3) is 0.562. The molecule has 0 unspecified atom stereocenters. The highest BCUT2D eigenvalue weighted by Crippen LogP contribution is 2.14. The van der Waals surface area contributed by atoms with Crippen LogP contribution in [0.2, 0.25) is 0 Å². The molecule has 1 saturated heterocycles. The molecule has 1 aliphatic heterocycles. The van der Waals surface area contributed by atoms with E-state index in [1.807, 2.05) is 19.1 Å². The summed E-state index contributed by atoms with van der Waals surface area (Å²) in [6.07, 6.45) is 5.15. The van der Waals surface area contributed by atoms with E-state index in [4.69, 9.17) is 4.74 Å². The Morgan fingerprint density at radius 3 is 3.09 bits per heavy atom. The van der Waals surface area contributed by atoms with E-state index in [1.165, 1.54) is 0 Å². The van der Waals surface area contributed by atoms with Crippen molar-refractivity contribution in [3.8, 4) is 5.88 Å². The van der Waals surface area contributed by atoms with Crippen molar-refractivity contribution in [3.05, 3.63) is 23.9 Å². The zero-order valence-corrected chi connectivity index (χ0v) is 13.0. The Morgan fingerprint density at radius 1 is 1.41 bits per heavy atom. The molecule has 1 aromatic rings. The van der Waals surface area contributed by atoms with Gasteiger partial charge in [0.25, 0.3) is 0 Å². The maximum atomic E-state index is 12.0. The molecular formula is C16H23N3O3. The number of pyridine rings is 1. The third-order valence-corrected chi connectivity index (χ3v) is 3.61. The Labute approximate surface area is 130 Å². The fourth-order valence-electron chi connectivity index (χ4n) is 2.45. The van der Waals surface area contributed by atoms with E-state index in [2.05, 4.69) is 10.3 Å². The average Bonchev–Trinajstić information content (AvgIpc) is 2.72. The van der Waals surface area contributed by atoms with Crippen molar-refractivity contribution in [3.63, 3.8) is 0 Å². The molecule has 0 bridgehead atoms. The van der Waals surface area contributed by atoms with E-state index < -0.39 is 0 Å². The number of amides is 2. The second kappa shape index (κ2) is 8.36. The lowest BCUT2D eigenvalue weighted by Crippen LogP contribution is -2.40. The molecule has 0 aliphatic carbocycles. The lowest BCUT2D eigenvalue weighted by Gasteiger charge is -2.20. The molecule has 120 valence electrons. The number of nitrogens with one attached hydrogen (secondary N) is 1. The third kappa shape index (κ3) is 4.72. The molecule has 6 nitrogen and oxygen atoms in total. The van der Waals surface area contributed by atoms with Gasteiger partial charge in [-0.2, -0.15) is 0 Å². The van der Waals surface area contributed by atoms with Crippen molar-refractivity contribution in [2.24, 2.45) is 0 Å². The summed E-state index contributed by atoms with van der Waals surface area (Å²) in [5.41, 5.74) is 0.833. The van der Waals surface area contributed by atoms with Crippen LogP contribution in [0.1, 0.15) is 38.2 Å². The first kappa shape index (κ1) is 16.3. The van der Waals surface area contributed by atoms with Crippen molar-refractivity contribution < 1.29 is 14.3 Å². The van der Waals surface area contributed by atoms with E-state index in [9.17, 15) is 9.59 Å². The van der Waals surface area contributed by atoms with E-state index in [0.717, 1.165) is 24.8 Å². The van der Waals surface area contributed by atoms with Crippen LogP contribution in [-0.4, -0.2) is 41.4 Å². The van der Waals surface area contributed by atoms with Crippen LogP contribution in [0.5, 0.6) is 5.88 Å². The van der Waals surface area contributed by atoms with Crippen LogP contribution in [0.15, 0.2) is 18.3 Å². The number of aromatic nitrogens is 1. The molecule has 0 saturated carbocycles. The van der Waals surface area contributed by atoms with Gasteiger partial charge in [0.1, 0.15) is 0 Å². The molecule has 1 fully saturated rings. The number of carbonyl (C=O) groups is 2. The number of likely N-dealkylation sites (tertiary alicyclic amines) is 1. The Bertz CT molecular complexity index is 519. The molecule has 22 heavy (non-hydrogen) atoms. The maximum absolute atomic E-state index is 12.0. The number of ether oxygens (including phenoxy) is 1. The van der Waals surface area contributed by atoms with Crippen molar-refractivity contribution in [1.29, 1.82) is 0 Å². The minimum Gasteiger partial charge on any atom is -0.478 e. The predicted octanol–water partition coefficient (Wildman–Crippen LogP) is 1.50. The minimum absolute atomic E-state index is 0.0732. The number of nitrogens with zero attached hydrogens (tertiary/aromatic N) is 2. The molecule has 0 spiro atoms. The molecule has 1 aliphatic rings. The highest BCUT2D eigenvalue weighted by atomic mass is 16.5. The monoisotopic (exact) mass is 305 g/mol. The largest absolute Gasteiger partial charge is 0.478 e. The van der Waals surface area contributed by atoms with Crippen LogP contribution in [0, 0.1) is 0 Å². The second-order valence-corrected chi connectivity index (χ2v) is 5.30. The molecule has 0 radical (unpaired) electrons. The van der Waals surface area contributed by atoms with Gasteiger partial charge in [0, 0.05) is 31.3 Å². The van der Waals surface area contributed by atoms with Crippen molar-refractivity contribution >= 4 is 11.8 Å².